The van der Waals surface area contributed by atoms with Gasteiger partial charge in [-0.05, 0) is 26.7 Å². The minimum Gasteiger partial charge on any atom is -0.326 e. The fourth-order valence-corrected chi connectivity index (χ4v) is 2.54. The van der Waals surface area contributed by atoms with E-state index in [0.717, 1.165) is 6.42 Å². The van der Waals surface area contributed by atoms with Crippen molar-refractivity contribution in [1.29, 1.82) is 0 Å². The summed E-state index contributed by atoms with van der Waals surface area (Å²) in [6, 6.07) is -0.253. The number of nitrogens with two attached hydrogens (primary N) is 1. The third kappa shape index (κ3) is 2.49. The molecule has 0 amide bonds. The monoisotopic (exact) mass is 307 g/mol. The number of hydrogen-bond donors (Lipinski definition) is 1. The van der Waals surface area contributed by atoms with Gasteiger partial charge in [0.05, 0.1) is 0 Å². The molecule has 2 rings (SSSR count). The van der Waals surface area contributed by atoms with Crippen molar-refractivity contribution in [3.8, 4) is 0 Å². The van der Waals surface area contributed by atoms with Crippen molar-refractivity contribution in [3.63, 3.8) is 0 Å². The Kier molecular flexibility index (Phi) is 4.55. The van der Waals surface area contributed by atoms with Crippen molar-refractivity contribution in [2.24, 2.45) is 12.8 Å². The number of hydrogen-bond acceptors (Lipinski definition) is 4. The molecule has 0 aliphatic carbocycles. The molecule has 22 heavy (non-hydrogen) atoms. The SMILES string of the molecule is CCC(N)Cn1c(=O)c2c(nc(C)n2C)n(C(C)CC)c1=O. The van der Waals surface area contributed by atoms with Gasteiger partial charge in [0.25, 0.3) is 5.56 Å². The maximum atomic E-state index is 12.8. The Balaban J connectivity index is 2.89. The minimum absolute atomic E-state index is 0.0333. The maximum absolute atomic E-state index is 12.8. The molecule has 2 aromatic rings. The van der Waals surface area contributed by atoms with Crippen LogP contribution >= 0.6 is 0 Å². The van der Waals surface area contributed by atoms with Gasteiger partial charge >= 0.3 is 5.69 Å². The molecule has 7 heteroatoms. The zero-order valence-electron chi connectivity index (χ0n) is 14.0. The van der Waals surface area contributed by atoms with Crippen LogP contribution in [0, 0.1) is 6.92 Å². The van der Waals surface area contributed by atoms with E-state index in [1.54, 1.807) is 16.2 Å². The van der Waals surface area contributed by atoms with Crippen molar-refractivity contribution in [1.82, 2.24) is 18.7 Å². The summed E-state index contributed by atoms with van der Waals surface area (Å²) in [4.78, 5) is 30.0. The minimum atomic E-state index is -0.325. The van der Waals surface area contributed by atoms with E-state index in [1.807, 2.05) is 27.7 Å². The van der Waals surface area contributed by atoms with E-state index in [1.165, 1.54) is 4.57 Å². The quantitative estimate of drug-likeness (QED) is 0.889. The van der Waals surface area contributed by atoms with Gasteiger partial charge < -0.3 is 10.3 Å². The van der Waals surface area contributed by atoms with Crippen LogP contribution in [0.15, 0.2) is 9.59 Å². The van der Waals surface area contributed by atoms with Gasteiger partial charge in [0.1, 0.15) is 5.82 Å². The number of aromatic nitrogens is 4. The molecule has 122 valence electrons. The summed E-state index contributed by atoms with van der Waals surface area (Å²) in [6.45, 7) is 7.96. The van der Waals surface area contributed by atoms with Crippen molar-refractivity contribution in [2.75, 3.05) is 0 Å². The lowest BCUT2D eigenvalue weighted by Gasteiger charge is -2.18. The first-order valence-electron chi connectivity index (χ1n) is 7.77. The van der Waals surface area contributed by atoms with Gasteiger partial charge in [-0.25, -0.2) is 9.78 Å². The van der Waals surface area contributed by atoms with E-state index in [-0.39, 0.29) is 29.9 Å². The smallest absolute Gasteiger partial charge is 0.326 e. The van der Waals surface area contributed by atoms with Gasteiger partial charge in [0.15, 0.2) is 11.2 Å². The molecule has 0 aliphatic heterocycles. The molecule has 0 saturated carbocycles. The first-order valence-corrected chi connectivity index (χ1v) is 7.77. The van der Waals surface area contributed by atoms with E-state index < -0.39 is 0 Å². The molecule has 2 unspecified atom stereocenters. The van der Waals surface area contributed by atoms with Gasteiger partial charge in [-0.2, -0.15) is 0 Å². The van der Waals surface area contributed by atoms with Crippen LogP contribution in [0.1, 0.15) is 45.5 Å². The second kappa shape index (κ2) is 6.08. The Labute approximate surface area is 129 Å². The second-order valence-electron chi connectivity index (χ2n) is 5.88. The highest BCUT2D eigenvalue weighted by Crippen LogP contribution is 2.15. The largest absolute Gasteiger partial charge is 0.333 e. The lowest BCUT2D eigenvalue weighted by molar-refractivity contribution is 0.455. The third-order valence-electron chi connectivity index (χ3n) is 4.39. The summed E-state index contributed by atoms with van der Waals surface area (Å²) in [5.74, 6) is 0.709. The van der Waals surface area contributed by atoms with Crippen molar-refractivity contribution >= 4 is 11.2 Å². The Morgan fingerprint density at radius 1 is 1.23 bits per heavy atom. The van der Waals surface area contributed by atoms with Crippen molar-refractivity contribution < 1.29 is 0 Å². The van der Waals surface area contributed by atoms with Crippen LogP contribution in [-0.4, -0.2) is 24.7 Å². The highest BCUT2D eigenvalue weighted by atomic mass is 16.2. The predicted octanol–water partition coefficient (Wildman–Crippen LogP) is 0.913. The molecule has 0 bridgehead atoms. The molecule has 0 radical (unpaired) electrons. The van der Waals surface area contributed by atoms with Crippen molar-refractivity contribution in [2.45, 2.75) is 59.2 Å². The van der Waals surface area contributed by atoms with Gasteiger partial charge in [-0.1, -0.05) is 13.8 Å². The lowest BCUT2D eigenvalue weighted by atomic mass is 10.2. The highest BCUT2D eigenvalue weighted by molar-refractivity contribution is 5.71. The van der Waals surface area contributed by atoms with Crippen LogP contribution in [0.25, 0.3) is 11.2 Å². The Hall–Kier alpha value is -1.89. The maximum Gasteiger partial charge on any atom is 0.333 e. The second-order valence-corrected chi connectivity index (χ2v) is 5.88. The van der Waals surface area contributed by atoms with Crippen molar-refractivity contribution in [3.05, 3.63) is 26.7 Å². The van der Waals surface area contributed by atoms with E-state index in [0.29, 0.717) is 23.4 Å². The number of aryl methyl sites for hydroxylation is 2. The molecule has 2 heterocycles. The molecule has 0 aliphatic rings. The topological polar surface area (TPSA) is 87.8 Å². The van der Waals surface area contributed by atoms with Crippen LogP contribution in [0.4, 0.5) is 0 Å². The Morgan fingerprint density at radius 3 is 2.41 bits per heavy atom. The zero-order valence-corrected chi connectivity index (χ0v) is 14.0. The summed E-state index contributed by atoms with van der Waals surface area (Å²) in [5, 5.41) is 0. The summed E-state index contributed by atoms with van der Waals surface area (Å²) in [5.41, 5.74) is 6.24. The molecule has 2 atom stereocenters. The average molecular weight is 307 g/mol. The first kappa shape index (κ1) is 16.5. The van der Waals surface area contributed by atoms with Crippen LogP contribution in [0.5, 0.6) is 0 Å². The first-order chi connectivity index (χ1) is 10.3. The molecular formula is C15H25N5O2. The van der Waals surface area contributed by atoms with Crippen LogP contribution in [0.3, 0.4) is 0 Å². The molecule has 0 spiro atoms. The predicted molar refractivity (Wildman–Crippen MR) is 87.2 cm³/mol. The van der Waals surface area contributed by atoms with Gasteiger partial charge in [0.2, 0.25) is 0 Å². The molecule has 7 nitrogen and oxygen atoms in total. The fraction of sp³-hybridized carbons (Fsp3) is 0.667. The summed E-state index contributed by atoms with van der Waals surface area (Å²) < 4.78 is 4.61. The molecular weight excluding hydrogens is 282 g/mol. The van der Waals surface area contributed by atoms with E-state index in [9.17, 15) is 9.59 Å². The van der Waals surface area contributed by atoms with Gasteiger partial charge in [-0.3, -0.25) is 13.9 Å². The molecule has 0 fully saturated rings. The average Bonchev–Trinajstić information content (AvgIpc) is 2.78. The van der Waals surface area contributed by atoms with Gasteiger partial charge in [-0.15, -0.1) is 0 Å². The summed E-state index contributed by atoms with van der Waals surface area (Å²) >= 11 is 0. The van der Waals surface area contributed by atoms with Crippen LogP contribution in [0.2, 0.25) is 0 Å². The molecule has 2 aromatic heterocycles. The van der Waals surface area contributed by atoms with E-state index >= 15 is 0 Å². The fourth-order valence-electron chi connectivity index (χ4n) is 2.54. The number of rotatable bonds is 5. The zero-order chi connectivity index (χ0) is 16.6. The lowest BCUT2D eigenvalue weighted by Crippen LogP contribution is -2.45. The summed E-state index contributed by atoms with van der Waals surface area (Å²) in [7, 11) is 1.79. The normalized spacial score (nSPS) is 14.5. The Morgan fingerprint density at radius 2 is 1.86 bits per heavy atom. The number of fused-ring (bicyclic) bond motifs is 1. The van der Waals surface area contributed by atoms with E-state index in [4.69, 9.17) is 5.73 Å². The van der Waals surface area contributed by atoms with Crippen LogP contribution in [-0.2, 0) is 13.6 Å². The Bertz CT molecular complexity index is 799. The molecule has 2 N–H and O–H groups in total. The molecule has 0 saturated heterocycles. The van der Waals surface area contributed by atoms with E-state index in [2.05, 4.69) is 4.98 Å². The third-order valence-corrected chi connectivity index (χ3v) is 4.39. The van der Waals surface area contributed by atoms with Gasteiger partial charge in [0, 0.05) is 25.7 Å². The molecule has 0 aromatic carbocycles. The van der Waals surface area contributed by atoms with Crippen LogP contribution < -0.4 is 17.0 Å². The summed E-state index contributed by atoms with van der Waals surface area (Å²) in [6.07, 6.45) is 1.49. The number of imidazole rings is 1. The standard InChI is InChI=1S/C15H25N5O2/c1-6-9(3)20-13-12(18(5)10(4)17-13)14(21)19(15(20)22)8-11(16)7-2/h9,11H,6-8,16H2,1-5H3. The highest BCUT2D eigenvalue weighted by Gasteiger charge is 2.21. The number of nitrogens with zero attached hydrogens (tertiary/aromatic N) is 4.